The van der Waals surface area contributed by atoms with Crippen molar-refractivity contribution in [2.45, 2.75) is 24.8 Å². The zero-order valence-electron chi connectivity index (χ0n) is 13.9. The summed E-state index contributed by atoms with van der Waals surface area (Å²) in [4.78, 5) is 12.4. The Balaban J connectivity index is 2.39. The maximum atomic E-state index is 12.9. The summed E-state index contributed by atoms with van der Waals surface area (Å²) in [6.45, 7) is 3.19. The number of benzene rings is 1. The molecule has 1 aromatic heterocycles. The van der Waals surface area contributed by atoms with Gasteiger partial charge in [-0.15, -0.1) is 11.3 Å². The van der Waals surface area contributed by atoms with E-state index in [2.05, 4.69) is 5.32 Å². The van der Waals surface area contributed by atoms with Gasteiger partial charge in [0.2, 0.25) is 15.9 Å². The first-order valence-corrected chi connectivity index (χ1v) is 9.56. The molecule has 1 heterocycles. The van der Waals surface area contributed by atoms with Gasteiger partial charge < -0.3 is 10.1 Å². The topological polar surface area (TPSA) is 75.7 Å². The minimum absolute atomic E-state index is 0.0953. The molecular formula is C16H20N2O4S2. The Bertz CT molecular complexity index is 817. The lowest BCUT2D eigenvalue weighted by Gasteiger charge is -2.24. The third-order valence-electron chi connectivity index (χ3n) is 3.66. The lowest BCUT2D eigenvalue weighted by molar-refractivity contribution is -0.114. The Labute approximate surface area is 146 Å². The number of hydrogen-bond acceptors (Lipinski definition) is 5. The predicted octanol–water partition coefficient (Wildman–Crippen LogP) is 3.10. The number of rotatable bonds is 6. The van der Waals surface area contributed by atoms with Crippen LogP contribution in [0.15, 0.2) is 40.6 Å². The molecule has 0 unspecified atom stereocenters. The van der Waals surface area contributed by atoms with E-state index in [1.165, 1.54) is 47.9 Å². The highest BCUT2D eigenvalue weighted by Gasteiger charge is 2.27. The zero-order valence-corrected chi connectivity index (χ0v) is 15.6. The van der Waals surface area contributed by atoms with Gasteiger partial charge in [0.15, 0.2) is 0 Å². The Morgan fingerprint density at radius 2 is 2.04 bits per heavy atom. The van der Waals surface area contributed by atoms with Crippen molar-refractivity contribution in [1.82, 2.24) is 4.31 Å². The van der Waals surface area contributed by atoms with E-state index in [0.717, 1.165) is 4.88 Å². The van der Waals surface area contributed by atoms with E-state index in [4.69, 9.17) is 4.74 Å². The van der Waals surface area contributed by atoms with Crippen LogP contribution in [0.4, 0.5) is 5.69 Å². The van der Waals surface area contributed by atoms with Gasteiger partial charge in [-0.1, -0.05) is 6.07 Å². The molecule has 0 fully saturated rings. The van der Waals surface area contributed by atoms with Crippen LogP contribution in [0.5, 0.6) is 5.75 Å². The molecule has 6 nitrogen and oxygen atoms in total. The summed E-state index contributed by atoms with van der Waals surface area (Å²) in [6.07, 6.45) is 0. The van der Waals surface area contributed by atoms with E-state index in [9.17, 15) is 13.2 Å². The average Bonchev–Trinajstić information content (AvgIpc) is 3.07. The minimum atomic E-state index is -3.71. The number of hydrogen-bond donors (Lipinski definition) is 1. The summed E-state index contributed by atoms with van der Waals surface area (Å²) in [5.41, 5.74) is 0.322. The van der Waals surface area contributed by atoms with Gasteiger partial charge in [-0.2, -0.15) is 4.31 Å². The molecule has 2 rings (SSSR count). The third-order valence-corrected chi connectivity index (χ3v) is 6.63. The smallest absolute Gasteiger partial charge is 0.243 e. The maximum Gasteiger partial charge on any atom is 0.243 e. The molecule has 130 valence electrons. The molecule has 1 N–H and O–H groups in total. The fourth-order valence-corrected chi connectivity index (χ4v) is 4.48. The molecule has 8 heteroatoms. The Morgan fingerprint density at radius 3 is 2.58 bits per heavy atom. The summed E-state index contributed by atoms with van der Waals surface area (Å²) in [5.74, 6) is 0.0984. The van der Waals surface area contributed by atoms with Gasteiger partial charge in [-0.3, -0.25) is 4.79 Å². The summed E-state index contributed by atoms with van der Waals surface area (Å²) in [5, 5.41) is 4.50. The molecular weight excluding hydrogens is 348 g/mol. The van der Waals surface area contributed by atoms with Crippen molar-refractivity contribution in [1.29, 1.82) is 0 Å². The van der Waals surface area contributed by atoms with E-state index in [1.807, 2.05) is 24.4 Å². The standard InChI is InChI=1S/C16H20N2O4S2/c1-11(16-6-5-9-23-16)18(3)24(20,21)13-7-8-15(22-4)14(10-13)17-12(2)19/h5-11H,1-4H3,(H,17,19)/t11-/m0/s1. The van der Waals surface area contributed by atoms with Gasteiger partial charge in [-0.25, -0.2) is 8.42 Å². The van der Waals surface area contributed by atoms with E-state index in [-0.39, 0.29) is 16.8 Å². The molecule has 0 spiro atoms. The Morgan fingerprint density at radius 1 is 1.33 bits per heavy atom. The van der Waals surface area contributed by atoms with Gasteiger partial charge >= 0.3 is 0 Å². The van der Waals surface area contributed by atoms with Crippen molar-refractivity contribution in [3.63, 3.8) is 0 Å². The van der Waals surface area contributed by atoms with Crippen LogP contribution in [0.2, 0.25) is 0 Å². The van der Waals surface area contributed by atoms with Crippen molar-refractivity contribution in [3.8, 4) is 5.75 Å². The largest absolute Gasteiger partial charge is 0.495 e. The number of methoxy groups -OCH3 is 1. The molecule has 24 heavy (non-hydrogen) atoms. The molecule has 2 aromatic rings. The van der Waals surface area contributed by atoms with Gasteiger partial charge in [-0.05, 0) is 36.6 Å². The van der Waals surface area contributed by atoms with Crippen LogP contribution in [-0.4, -0.2) is 32.8 Å². The molecule has 0 bridgehead atoms. The van der Waals surface area contributed by atoms with Crippen LogP contribution in [0.1, 0.15) is 24.8 Å². The maximum absolute atomic E-state index is 12.9. The van der Waals surface area contributed by atoms with Crippen molar-refractivity contribution < 1.29 is 17.9 Å². The molecule has 1 aromatic carbocycles. The third kappa shape index (κ3) is 3.77. The molecule has 0 saturated carbocycles. The summed E-state index contributed by atoms with van der Waals surface area (Å²) in [7, 11) is -0.713. The predicted molar refractivity (Wildman–Crippen MR) is 95.0 cm³/mol. The Hall–Kier alpha value is -1.90. The first-order chi connectivity index (χ1) is 11.3. The molecule has 0 radical (unpaired) electrons. The van der Waals surface area contributed by atoms with Crippen LogP contribution in [0, 0.1) is 0 Å². The highest BCUT2D eigenvalue weighted by Crippen LogP contribution is 2.32. The highest BCUT2D eigenvalue weighted by atomic mass is 32.2. The van der Waals surface area contributed by atoms with Crippen LogP contribution in [0.3, 0.4) is 0 Å². The number of carbonyl (C=O) groups excluding carboxylic acids is 1. The fraction of sp³-hybridized carbons (Fsp3) is 0.312. The number of thiophene rings is 1. The minimum Gasteiger partial charge on any atom is -0.495 e. The zero-order chi connectivity index (χ0) is 17.9. The highest BCUT2D eigenvalue weighted by molar-refractivity contribution is 7.89. The second kappa shape index (κ2) is 7.33. The van der Waals surface area contributed by atoms with Crippen molar-refractivity contribution >= 4 is 33.0 Å². The lowest BCUT2D eigenvalue weighted by Crippen LogP contribution is -2.29. The number of anilines is 1. The second-order valence-corrected chi connectivity index (χ2v) is 8.23. The first-order valence-electron chi connectivity index (χ1n) is 7.24. The number of nitrogens with one attached hydrogen (secondary N) is 1. The van der Waals surface area contributed by atoms with E-state index in [1.54, 1.807) is 7.05 Å². The molecule has 0 aliphatic carbocycles. The molecule has 0 aliphatic heterocycles. The normalized spacial score (nSPS) is 12.9. The fourth-order valence-electron chi connectivity index (χ4n) is 2.22. The first kappa shape index (κ1) is 18.4. The molecule has 0 aliphatic rings. The monoisotopic (exact) mass is 368 g/mol. The van der Waals surface area contributed by atoms with E-state index < -0.39 is 10.0 Å². The number of nitrogens with zero attached hydrogens (tertiary/aromatic N) is 1. The summed E-state index contributed by atoms with van der Waals surface area (Å²) < 4.78 is 32.2. The quantitative estimate of drug-likeness (QED) is 0.850. The molecule has 1 atom stereocenters. The van der Waals surface area contributed by atoms with Crippen molar-refractivity contribution in [3.05, 3.63) is 40.6 Å². The number of carbonyl (C=O) groups is 1. The van der Waals surface area contributed by atoms with Crippen LogP contribution >= 0.6 is 11.3 Å². The average molecular weight is 368 g/mol. The van der Waals surface area contributed by atoms with Gasteiger partial charge in [0.05, 0.1) is 23.7 Å². The van der Waals surface area contributed by atoms with Crippen LogP contribution in [-0.2, 0) is 14.8 Å². The lowest BCUT2D eigenvalue weighted by atomic mass is 10.3. The van der Waals surface area contributed by atoms with Crippen LogP contribution < -0.4 is 10.1 Å². The SMILES string of the molecule is COc1ccc(S(=O)(=O)N(C)[C@@H](C)c2cccs2)cc1NC(C)=O. The van der Waals surface area contributed by atoms with Gasteiger partial charge in [0.1, 0.15) is 5.75 Å². The molecule has 0 saturated heterocycles. The van der Waals surface area contributed by atoms with Crippen molar-refractivity contribution in [2.75, 3.05) is 19.5 Å². The molecule has 1 amide bonds. The van der Waals surface area contributed by atoms with Crippen molar-refractivity contribution in [2.24, 2.45) is 0 Å². The Kier molecular flexibility index (Phi) is 5.63. The summed E-state index contributed by atoms with van der Waals surface area (Å²) in [6, 6.07) is 7.91. The van der Waals surface area contributed by atoms with Crippen LogP contribution in [0.25, 0.3) is 0 Å². The number of ether oxygens (including phenoxy) is 1. The van der Waals surface area contributed by atoms with E-state index in [0.29, 0.717) is 11.4 Å². The van der Waals surface area contributed by atoms with Gasteiger partial charge in [0, 0.05) is 18.8 Å². The summed E-state index contributed by atoms with van der Waals surface area (Å²) >= 11 is 1.51. The van der Waals surface area contributed by atoms with E-state index >= 15 is 0 Å². The number of sulfonamides is 1. The second-order valence-electron chi connectivity index (χ2n) is 5.26. The number of amides is 1. The van der Waals surface area contributed by atoms with Gasteiger partial charge in [0.25, 0.3) is 0 Å².